The highest BCUT2D eigenvalue weighted by Crippen LogP contribution is 2.19. The average Bonchev–Trinajstić information content (AvgIpc) is 2.47. The summed E-state index contributed by atoms with van der Waals surface area (Å²) < 4.78 is 0.942. The largest absolute Gasteiger partial charge is 0.366 e. The van der Waals surface area contributed by atoms with Crippen LogP contribution >= 0.6 is 15.9 Å². The van der Waals surface area contributed by atoms with Crippen molar-refractivity contribution in [3.05, 3.63) is 64.1 Å². The molecule has 0 fully saturated rings. The van der Waals surface area contributed by atoms with E-state index in [2.05, 4.69) is 22.0 Å². The minimum absolute atomic E-state index is 0.0211. The third-order valence-corrected chi connectivity index (χ3v) is 3.51. The third-order valence-electron chi connectivity index (χ3n) is 2.98. The van der Waals surface area contributed by atoms with Crippen LogP contribution in [-0.4, -0.2) is 19.4 Å². The molecule has 100 valence electrons. The third kappa shape index (κ3) is 3.25. The highest BCUT2D eigenvalue weighted by Gasteiger charge is 2.12. The summed E-state index contributed by atoms with van der Waals surface area (Å²) >= 11 is 3.34. The Bertz CT molecular complexity index is 659. The zero-order valence-electron chi connectivity index (χ0n) is 11.0. The molecule has 4 heteroatoms. The first kappa shape index (κ1) is 14.3. The predicted molar refractivity (Wildman–Crippen MR) is 82.9 cm³/mol. The Labute approximate surface area is 126 Å². The van der Waals surface area contributed by atoms with Crippen molar-refractivity contribution in [2.75, 3.05) is 18.5 Å². The number of para-hydroxylation sites is 1. The summed E-state index contributed by atoms with van der Waals surface area (Å²) in [7, 11) is 1.81. The molecule has 2 aromatic rings. The monoisotopic (exact) mass is 328 g/mol. The number of carbonyl (C=O) groups is 1. The first-order chi connectivity index (χ1) is 9.61. The fourth-order valence-electron chi connectivity index (χ4n) is 1.93. The van der Waals surface area contributed by atoms with E-state index in [1.54, 1.807) is 23.1 Å². The van der Waals surface area contributed by atoms with Gasteiger partial charge in [-0.2, -0.15) is 5.26 Å². The van der Waals surface area contributed by atoms with Gasteiger partial charge in [0.25, 0.3) is 0 Å². The van der Waals surface area contributed by atoms with E-state index in [1.165, 1.54) is 0 Å². The Kier molecular flexibility index (Phi) is 4.54. The van der Waals surface area contributed by atoms with Gasteiger partial charge in [0.15, 0.2) is 5.78 Å². The number of benzene rings is 2. The molecule has 0 spiro atoms. The summed E-state index contributed by atoms with van der Waals surface area (Å²) in [5, 5.41) is 9.08. The summed E-state index contributed by atoms with van der Waals surface area (Å²) in [6, 6.07) is 16.7. The molecule has 2 aromatic carbocycles. The molecular formula is C16H13BrN2O. The molecule has 0 N–H and O–H groups in total. The van der Waals surface area contributed by atoms with Gasteiger partial charge in [0.05, 0.1) is 17.8 Å². The molecular weight excluding hydrogens is 316 g/mol. The Morgan fingerprint density at radius 3 is 2.50 bits per heavy atom. The van der Waals surface area contributed by atoms with Crippen LogP contribution in [0.4, 0.5) is 5.69 Å². The van der Waals surface area contributed by atoms with E-state index >= 15 is 0 Å². The van der Waals surface area contributed by atoms with Gasteiger partial charge in [0.2, 0.25) is 0 Å². The first-order valence-electron chi connectivity index (χ1n) is 6.11. The second-order valence-electron chi connectivity index (χ2n) is 4.42. The number of hydrogen-bond acceptors (Lipinski definition) is 3. The maximum atomic E-state index is 12.2. The molecule has 0 aliphatic heterocycles. The van der Waals surface area contributed by atoms with E-state index in [1.807, 2.05) is 37.4 Å². The number of rotatable bonds is 4. The van der Waals surface area contributed by atoms with Gasteiger partial charge in [0.1, 0.15) is 6.07 Å². The van der Waals surface area contributed by atoms with Gasteiger partial charge in [-0.15, -0.1) is 0 Å². The van der Waals surface area contributed by atoms with Crippen LogP contribution in [0.3, 0.4) is 0 Å². The van der Waals surface area contributed by atoms with Crippen molar-refractivity contribution in [1.82, 2.24) is 0 Å². The van der Waals surface area contributed by atoms with E-state index in [0.717, 1.165) is 10.2 Å². The van der Waals surface area contributed by atoms with Crippen LogP contribution in [0.5, 0.6) is 0 Å². The molecule has 0 bridgehead atoms. The van der Waals surface area contributed by atoms with Crippen molar-refractivity contribution in [3.8, 4) is 6.07 Å². The summed E-state index contributed by atoms with van der Waals surface area (Å²) in [6.07, 6.45) is 0. The predicted octanol–water partition coefficient (Wildman–Crippen LogP) is 3.64. The van der Waals surface area contributed by atoms with Crippen molar-refractivity contribution in [1.29, 1.82) is 5.26 Å². The smallest absolute Gasteiger partial charge is 0.182 e. The van der Waals surface area contributed by atoms with Crippen LogP contribution in [0, 0.1) is 11.3 Å². The van der Waals surface area contributed by atoms with Gasteiger partial charge in [-0.05, 0) is 24.3 Å². The minimum Gasteiger partial charge on any atom is -0.366 e. The van der Waals surface area contributed by atoms with Crippen LogP contribution < -0.4 is 4.90 Å². The lowest BCUT2D eigenvalue weighted by Gasteiger charge is -2.19. The average molecular weight is 329 g/mol. The summed E-state index contributed by atoms with van der Waals surface area (Å²) in [4.78, 5) is 14.0. The van der Waals surface area contributed by atoms with Crippen molar-refractivity contribution < 1.29 is 4.79 Å². The second-order valence-corrected chi connectivity index (χ2v) is 5.33. The first-order valence-corrected chi connectivity index (χ1v) is 6.90. The molecule has 0 unspecified atom stereocenters. The molecule has 0 aliphatic rings. The minimum atomic E-state index is 0.0211. The number of halogens is 1. The number of likely N-dealkylation sites (N-methyl/N-ethyl adjacent to an activating group) is 1. The molecule has 0 saturated heterocycles. The van der Waals surface area contributed by atoms with Gasteiger partial charge in [0, 0.05) is 17.1 Å². The number of nitrogens with zero attached hydrogens (tertiary/aromatic N) is 2. The van der Waals surface area contributed by atoms with E-state index in [0.29, 0.717) is 11.1 Å². The Morgan fingerprint density at radius 2 is 1.85 bits per heavy atom. The van der Waals surface area contributed by atoms with Crippen molar-refractivity contribution >= 4 is 27.4 Å². The molecule has 2 rings (SSSR count). The van der Waals surface area contributed by atoms with Crippen LogP contribution in [0.25, 0.3) is 0 Å². The van der Waals surface area contributed by atoms with E-state index in [4.69, 9.17) is 5.26 Å². The highest BCUT2D eigenvalue weighted by atomic mass is 79.9. The molecule has 0 radical (unpaired) electrons. The zero-order chi connectivity index (χ0) is 14.5. The molecule has 20 heavy (non-hydrogen) atoms. The molecule has 3 nitrogen and oxygen atoms in total. The topological polar surface area (TPSA) is 44.1 Å². The molecule has 0 saturated carbocycles. The van der Waals surface area contributed by atoms with Crippen molar-refractivity contribution in [3.63, 3.8) is 0 Å². The van der Waals surface area contributed by atoms with E-state index in [-0.39, 0.29) is 12.3 Å². The molecule has 0 aliphatic carbocycles. The molecule has 0 aromatic heterocycles. The van der Waals surface area contributed by atoms with Gasteiger partial charge < -0.3 is 4.90 Å². The van der Waals surface area contributed by atoms with Gasteiger partial charge in [-0.25, -0.2) is 0 Å². The Hall–Kier alpha value is -2.12. The Balaban J connectivity index is 2.15. The normalized spacial score (nSPS) is 9.85. The van der Waals surface area contributed by atoms with Crippen LogP contribution in [0.1, 0.15) is 15.9 Å². The van der Waals surface area contributed by atoms with Gasteiger partial charge in [-0.3, -0.25) is 4.79 Å². The van der Waals surface area contributed by atoms with Crippen molar-refractivity contribution in [2.45, 2.75) is 0 Å². The van der Waals surface area contributed by atoms with Crippen LogP contribution in [0.15, 0.2) is 53.0 Å². The SMILES string of the molecule is CN(CC(=O)c1ccc(Br)cc1)c1ccccc1C#N. The standard InChI is InChI=1S/C16H13BrN2O/c1-19(15-5-3-2-4-13(15)10-18)11-16(20)12-6-8-14(17)9-7-12/h2-9H,11H2,1H3. The van der Waals surface area contributed by atoms with Gasteiger partial charge in [-0.1, -0.05) is 40.2 Å². The van der Waals surface area contributed by atoms with Crippen molar-refractivity contribution in [2.24, 2.45) is 0 Å². The molecule has 0 atom stereocenters. The maximum absolute atomic E-state index is 12.2. The van der Waals surface area contributed by atoms with Crippen LogP contribution in [-0.2, 0) is 0 Å². The summed E-state index contributed by atoms with van der Waals surface area (Å²) in [5.74, 6) is 0.0211. The maximum Gasteiger partial charge on any atom is 0.182 e. The Morgan fingerprint density at radius 1 is 1.20 bits per heavy atom. The number of ketones is 1. The lowest BCUT2D eigenvalue weighted by atomic mass is 10.1. The summed E-state index contributed by atoms with van der Waals surface area (Å²) in [5.41, 5.74) is 1.99. The fourth-order valence-corrected chi connectivity index (χ4v) is 2.19. The number of nitriles is 1. The van der Waals surface area contributed by atoms with Crippen LogP contribution in [0.2, 0.25) is 0 Å². The molecule has 0 amide bonds. The summed E-state index contributed by atoms with van der Waals surface area (Å²) in [6.45, 7) is 0.236. The lowest BCUT2D eigenvalue weighted by Crippen LogP contribution is -2.26. The molecule has 0 heterocycles. The number of carbonyl (C=O) groups excluding carboxylic acids is 1. The van der Waals surface area contributed by atoms with Gasteiger partial charge >= 0.3 is 0 Å². The lowest BCUT2D eigenvalue weighted by molar-refractivity contribution is 0.100. The second kappa shape index (κ2) is 6.36. The highest BCUT2D eigenvalue weighted by molar-refractivity contribution is 9.10. The van der Waals surface area contributed by atoms with E-state index < -0.39 is 0 Å². The number of anilines is 1. The zero-order valence-corrected chi connectivity index (χ0v) is 12.6. The van der Waals surface area contributed by atoms with E-state index in [9.17, 15) is 4.79 Å². The number of Topliss-reactive ketones (excluding diaryl/α,β-unsaturated/α-hetero) is 1. The quantitative estimate of drug-likeness (QED) is 0.805. The fraction of sp³-hybridized carbons (Fsp3) is 0.125. The number of hydrogen-bond donors (Lipinski definition) is 0.